The van der Waals surface area contributed by atoms with Crippen LogP contribution in [0.5, 0.6) is 17.2 Å². The van der Waals surface area contributed by atoms with Crippen molar-refractivity contribution in [3.63, 3.8) is 0 Å². The number of carbonyl (C=O) groups is 2. The minimum atomic E-state index is -0.423. The van der Waals surface area contributed by atoms with Gasteiger partial charge < -0.3 is 24.3 Å². The molecule has 1 aromatic carbocycles. The summed E-state index contributed by atoms with van der Waals surface area (Å²) < 4.78 is 21.0. The van der Waals surface area contributed by atoms with Gasteiger partial charge >= 0.3 is 5.97 Å². The molecule has 0 saturated carbocycles. The highest BCUT2D eigenvalue weighted by Crippen LogP contribution is 2.40. The van der Waals surface area contributed by atoms with E-state index in [1.54, 1.807) is 12.1 Å². The second-order valence-electron chi connectivity index (χ2n) is 6.98. The van der Waals surface area contributed by atoms with Crippen LogP contribution in [0.2, 0.25) is 0 Å². The summed E-state index contributed by atoms with van der Waals surface area (Å²) in [5, 5.41) is 3.43. The number of amides is 1. The highest BCUT2D eigenvalue weighted by molar-refractivity contribution is 7.17. The van der Waals surface area contributed by atoms with Crippen molar-refractivity contribution in [2.75, 3.05) is 33.8 Å². The van der Waals surface area contributed by atoms with Crippen LogP contribution in [0.1, 0.15) is 56.8 Å². The number of aryl methyl sites for hydroxylation is 1. The van der Waals surface area contributed by atoms with Gasteiger partial charge in [0.25, 0.3) is 5.91 Å². The number of nitrogens with one attached hydrogen (secondary N) is 1. The summed E-state index contributed by atoms with van der Waals surface area (Å²) in [5.74, 6) is 0.384. The Balaban J connectivity index is 1.99. The average Bonchev–Trinajstić information content (AvgIpc) is 3.07. The van der Waals surface area contributed by atoms with Gasteiger partial charge in [-0.3, -0.25) is 4.79 Å². The number of rotatable bonds is 6. The molecule has 0 spiro atoms. The van der Waals surface area contributed by atoms with Gasteiger partial charge in [0.1, 0.15) is 5.00 Å². The fourth-order valence-electron chi connectivity index (χ4n) is 3.71. The normalized spacial score (nSPS) is 13.5. The zero-order valence-corrected chi connectivity index (χ0v) is 18.6. The minimum absolute atomic E-state index is 0.334. The first kappa shape index (κ1) is 22.0. The number of benzene rings is 1. The van der Waals surface area contributed by atoms with E-state index >= 15 is 0 Å². The van der Waals surface area contributed by atoms with E-state index in [0.717, 1.165) is 42.5 Å². The van der Waals surface area contributed by atoms with Crippen molar-refractivity contribution in [1.82, 2.24) is 0 Å². The molecule has 2 aromatic rings. The molecule has 1 aromatic heterocycles. The maximum Gasteiger partial charge on any atom is 0.341 e. The summed E-state index contributed by atoms with van der Waals surface area (Å²) in [6.07, 6.45) is 6.14. The molecular formula is C22H27NO6S. The number of esters is 1. The van der Waals surface area contributed by atoms with Gasteiger partial charge in [-0.1, -0.05) is 12.8 Å². The molecule has 0 bridgehead atoms. The molecule has 0 radical (unpaired) electrons. The molecule has 3 rings (SSSR count). The molecule has 1 amide bonds. The third-order valence-electron chi connectivity index (χ3n) is 5.21. The maximum absolute atomic E-state index is 13.1. The Morgan fingerprint density at radius 2 is 1.53 bits per heavy atom. The van der Waals surface area contributed by atoms with E-state index in [0.29, 0.717) is 33.4 Å². The first-order chi connectivity index (χ1) is 14.5. The van der Waals surface area contributed by atoms with E-state index in [-0.39, 0.29) is 5.91 Å². The number of hydrogen-bond acceptors (Lipinski definition) is 7. The molecule has 0 atom stereocenters. The first-order valence-electron chi connectivity index (χ1n) is 9.88. The predicted molar refractivity (Wildman–Crippen MR) is 116 cm³/mol. The van der Waals surface area contributed by atoms with Crippen molar-refractivity contribution < 1.29 is 28.5 Å². The minimum Gasteiger partial charge on any atom is -0.493 e. The quantitative estimate of drug-likeness (QED) is 0.677. The lowest BCUT2D eigenvalue weighted by atomic mass is 9.96. The topological polar surface area (TPSA) is 83.1 Å². The molecule has 30 heavy (non-hydrogen) atoms. The van der Waals surface area contributed by atoms with Crippen molar-refractivity contribution >= 4 is 28.2 Å². The zero-order valence-electron chi connectivity index (χ0n) is 17.8. The van der Waals surface area contributed by atoms with E-state index < -0.39 is 5.97 Å². The molecule has 1 aliphatic carbocycles. The Morgan fingerprint density at radius 1 is 0.900 bits per heavy atom. The fourth-order valence-corrected chi connectivity index (χ4v) is 4.99. The van der Waals surface area contributed by atoms with Gasteiger partial charge in [-0.25, -0.2) is 4.79 Å². The molecule has 1 N–H and O–H groups in total. The van der Waals surface area contributed by atoms with E-state index in [4.69, 9.17) is 18.9 Å². The summed E-state index contributed by atoms with van der Waals surface area (Å²) >= 11 is 1.46. The predicted octanol–water partition coefficient (Wildman–Crippen LogP) is 4.47. The molecule has 0 saturated heterocycles. The fraction of sp³-hybridized carbons (Fsp3) is 0.455. The molecule has 8 heteroatoms. The maximum atomic E-state index is 13.1. The first-order valence-corrected chi connectivity index (χ1v) is 10.7. The van der Waals surface area contributed by atoms with Gasteiger partial charge in [0.05, 0.1) is 34.0 Å². The summed E-state index contributed by atoms with van der Waals surface area (Å²) in [6, 6.07) is 3.16. The molecular weight excluding hydrogens is 406 g/mol. The highest BCUT2D eigenvalue weighted by atomic mass is 32.1. The number of anilines is 1. The summed E-state index contributed by atoms with van der Waals surface area (Å²) in [6.45, 7) is 0. The number of thiophene rings is 1. The highest BCUT2D eigenvalue weighted by Gasteiger charge is 2.26. The van der Waals surface area contributed by atoms with E-state index in [1.807, 2.05) is 0 Å². The molecule has 0 unspecified atom stereocenters. The van der Waals surface area contributed by atoms with Gasteiger partial charge in [0, 0.05) is 10.4 Å². The van der Waals surface area contributed by atoms with Gasteiger partial charge in [0.2, 0.25) is 5.75 Å². The third-order valence-corrected chi connectivity index (χ3v) is 6.42. The second kappa shape index (κ2) is 9.84. The van der Waals surface area contributed by atoms with E-state index in [2.05, 4.69) is 5.32 Å². The number of hydrogen-bond donors (Lipinski definition) is 1. The monoisotopic (exact) mass is 433 g/mol. The van der Waals surface area contributed by atoms with Crippen molar-refractivity contribution in [2.24, 2.45) is 0 Å². The Hall–Kier alpha value is -2.74. The van der Waals surface area contributed by atoms with Crippen molar-refractivity contribution in [1.29, 1.82) is 0 Å². The number of methoxy groups -OCH3 is 4. The molecule has 0 fully saturated rings. The largest absolute Gasteiger partial charge is 0.493 e. The van der Waals surface area contributed by atoms with Crippen LogP contribution in [0, 0.1) is 0 Å². The summed E-state index contributed by atoms with van der Waals surface area (Å²) in [7, 11) is 5.85. The zero-order chi connectivity index (χ0) is 21.7. The Kier molecular flexibility index (Phi) is 7.20. The Morgan fingerprint density at radius 3 is 2.10 bits per heavy atom. The van der Waals surface area contributed by atoms with Crippen LogP contribution in [0.15, 0.2) is 12.1 Å². The van der Waals surface area contributed by atoms with Crippen molar-refractivity contribution in [3.8, 4) is 17.2 Å². The van der Waals surface area contributed by atoms with Crippen LogP contribution in [0.3, 0.4) is 0 Å². The van der Waals surface area contributed by atoms with Crippen LogP contribution in [0.25, 0.3) is 0 Å². The molecule has 0 aliphatic heterocycles. The van der Waals surface area contributed by atoms with E-state index in [1.165, 1.54) is 46.2 Å². The van der Waals surface area contributed by atoms with Gasteiger partial charge in [-0.15, -0.1) is 11.3 Å². The SMILES string of the molecule is COC(=O)c1c(NC(=O)c2cc(OC)c(OC)c(OC)c2)sc2c1CCCCCC2. The number of ether oxygens (including phenoxy) is 4. The number of carbonyl (C=O) groups excluding carboxylic acids is 2. The third kappa shape index (κ3) is 4.38. The van der Waals surface area contributed by atoms with Crippen molar-refractivity contribution in [2.45, 2.75) is 38.5 Å². The average molecular weight is 434 g/mol. The lowest BCUT2D eigenvalue weighted by Crippen LogP contribution is -2.15. The van der Waals surface area contributed by atoms with Crippen molar-refractivity contribution in [3.05, 3.63) is 33.7 Å². The van der Waals surface area contributed by atoms with Crippen LogP contribution in [-0.4, -0.2) is 40.3 Å². The molecule has 1 heterocycles. The summed E-state index contributed by atoms with van der Waals surface area (Å²) in [5.41, 5.74) is 1.81. The van der Waals surface area contributed by atoms with Crippen LogP contribution < -0.4 is 19.5 Å². The smallest absolute Gasteiger partial charge is 0.341 e. The van der Waals surface area contributed by atoms with Crippen LogP contribution in [-0.2, 0) is 17.6 Å². The lowest BCUT2D eigenvalue weighted by molar-refractivity contribution is 0.0601. The Labute approximate surface area is 180 Å². The second-order valence-corrected chi connectivity index (χ2v) is 8.09. The van der Waals surface area contributed by atoms with Crippen LogP contribution in [0.4, 0.5) is 5.00 Å². The number of fused-ring (bicyclic) bond motifs is 1. The Bertz CT molecular complexity index is 911. The molecule has 1 aliphatic rings. The standard InChI is InChI=1S/C22H27NO6S/c1-26-15-11-13(12-16(27-2)19(15)28-3)20(24)23-21-18(22(25)29-4)14-9-7-5-6-8-10-17(14)30-21/h11-12H,5-10H2,1-4H3,(H,23,24). The molecule has 7 nitrogen and oxygen atoms in total. The molecule has 162 valence electrons. The van der Waals surface area contributed by atoms with E-state index in [9.17, 15) is 9.59 Å². The van der Waals surface area contributed by atoms with Crippen LogP contribution >= 0.6 is 11.3 Å². The lowest BCUT2D eigenvalue weighted by Gasteiger charge is -2.14. The van der Waals surface area contributed by atoms with Gasteiger partial charge in [-0.05, 0) is 43.4 Å². The van der Waals surface area contributed by atoms with Gasteiger partial charge in [-0.2, -0.15) is 0 Å². The summed E-state index contributed by atoms with van der Waals surface area (Å²) in [4.78, 5) is 26.7. The van der Waals surface area contributed by atoms with Gasteiger partial charge in [0.15, 0.2) is 11.5 Å².